The Morgan fingerprint density at radius 3 is 2.58 bits per heavy atom. The molecule has 144 valence electrons. The second-order valence-electron chi connectivity index (χ2n) is 7.52. The minimum atomic E-state index is -0.916. The number of carbonyl (C=O) groups is 2. The second kappa shape index (κ2) is 8.35. The number of carboxylic acid groups (broad SMARTS) is 1. The molecule has 1 saturated heterocycles. The summed E-state index contributed by atoms with van der Waals surface area (Å²) in [7, 11) is 0. The third kappa shape index (κ3) is 6.18. The zero-order valence-corrected chi connectivity index (χ0v) is 15.4. The standard InChI is InChI=1S/C18H27N3O5/c1-18(2,3)26-16(23)20-15-6-4-5-13(19-15)11-14(22)12-7-9-21(10-8-12)17(24)25/h4-6,12,14,22H,7-11H2,1-3H3,(H,24,25)(H,19,20,23). The van der Waals surface area contributed by atoms with Crippen LogP contribution in [0.3, 0.4) is 0 Å². The van der Waals surface area contributed by atoms with Crippen molar-refractivity contribution < 1.29 is 24.5 Å². The van der Waals surface area contributed by atoms with E-state index in [-0.39, 0.29) is 5.92 Å². The van der Waals surface area contributed by atoms with E-state index in [9.17, 15) is 14.7 Å². The molecule has 1 atom stereocenters. The Balaban J connectivity index is 1.90. The predicted octanol–water partition coefficient (Wildman–Crippen LogP) is 2.72. The Morgan fingerprint density at radius 2 is 2.00 bits per heavy atom. The molecule has 8 heteroatoms. The molecular formula is C18H27N3O5. The van der Waals surface area contributed by atoms with E-state index >= 15 is 0 Å². The summed E-state index contributed by atoms with van der Waals surface area (Å²) in [6.07, 6.45) is -0.492. The van der Waals surface area contributed by atoms with Crippen LogP contribution in [0.5, 0.6) is 0 Å². The SMILES string of the molecule is CC(C)(C)OC(=O)Nc1cccc(CC(O)C2CCN(C(=O)O)CC2)n1. The van der Waals surface area contributed by atoms with Crippen LogP contribution in [0, 0.1) is 5.92 Å². The largest absolute Gasteiger partial charge is 0.465 e. The van der Waals surface area contributed by atoms with Crippen molar-refractivity contribution in [3.05, 3.63) is 23.9 Å². The summed E-state index contributed by atoms with van der Waals surface area (Å²) >= 11 is 0. The second-order valence-corrected chi connectivity index (χ2v) is 7.52. The van der Waals surface area contributed by atoms with Crippen molar-refractivity contribution in [1.29, 1.82) is 0 Å². The number of amides is 2. The fourth-order valence-electron chi connectivity index (χ4n) is 2.93. The highest BCUT2D eigenvalue weighted by atomic mass is 16.6. The number of nitrogens with one attached hydrogen (secondary N) is 1. The van der Waals surface area contributed by atoms with Crippen LogP contribution in [0.15, 0.2) is 18.2 Å². The molecule has 1 fully saturated rings. The van der Waals surface area contributed by atoms with Gasteiger partial charge in [0.25, 0.3) is 0 Å². The van der Waals surface area contributed by atoms with Gasteiger partial charge in [0.2, 0.25) is 0 Å². The summed E-state index contributed by atoms with van der Waals surface area (Å²) in [5.74, 6) is 0.402. The lowest BCUT2D eigenvalue weighted by molar-refractivity contribution is 0.0576. The number of nitrogens with zero attached hydrogens (tertiary/aromatic N) is 2. The molecule has 2 amide bonds. The normalized spacial score (nSPS) is 16.8. The number of rotatable bonds is 4. The van der Waals surface area contributed by atoms with E-state index in [0.29, 0.717) is 43.9 Å². The number of likely N-dealkylation sites (tertiary alicyclic amines) is 1. The molecule has 2 rings (SSSR count). The molecule has 8 nitrogen and oxygen atoms in total. The molecule has 2 heterocycles. The van der Waals surface area contributed by atoms with Gasteiger partial charge >= 0.3 is 12.2 Å². The number of pyridine rings is 1. The first-order chi connectivity index (χ1) is 12.1. The van der Waals surface area contributed by atoms with Gasteiger partial charge in [0.1, 0.15) is 11.4 Å². The zero-order chi connectivity index (χ0) is 19.3. The van der Waals surface area contributed by atoms with E-state index < -0.39 is 23.9 Å². The van der Waals surface area contributed by atoms with E-state index in [0.717, 1.165) is 0 Å². The van der Waals surface area contributed by atoms with Gasteiger partial charge in [-0.05, 0) is 51.7 Å². The number of aliphatic hydroxyl groups is 1. The summed E-state index contributed by atoms with van der Waals surface area (Å²) < 4.78 is 5.20. The lowest BCUT2D eigenvalue weighted by Gasteiger charge is -2.32. The molecule has 26 heavy (non-hydrogen) atoms. The number of piperidine rings is 1. The summed E-state index contributed by atoms with van der Waals surface area (Å²) in [4.78, 5) is 28.5. The van der Waals surface area contributed by atoms with Crippen molar-refractivity contribution in [2.24, 2.45) is 5.92 Å². The fraction of sp³-hybridized carbons (Fsp3) is 0.611. The summed E-state index contributed by atoms with van der Waals surface area (Å²) in [5.41, 5.74) is 0.0645. The van der Waals surface area contributed by atoms with Crippen molar-refractivity contribution in [3.63, 3.8) is 0 Å². The van der Waals surface area contributed by atoms with Crippen molar-refractivity contribution in [2.75, 3.05) is 18.4 Å². The fourth-order valence-corrected chi connectivity index (χ4v) is 2.93. The monoisotopic (exact) mass is 365 g/mol. The maximum Gasteiger partial charge on any atom is 0.413 e. The van der Waals surface area contributed by atoms with Gasteiger partial charge in [0.05, 0.1) is 6.10 Å². The Labute approximate surface area is 153 Å². The van der Waals surface area contributed by atoms with E-state index in [4.69, 9.17) is 9.84 Å². The number of aliphatic hydroxyl groups excluding tert-OH is 1. The average molecular weight is 365 g/mol. The van der Waals surface area contributed by atoms with Gasteiger partial charge in [-0.1, -0.05) is 6.07 Å². The summed E-state index contributed by atoms with van der Waals surface area (Å²) in [6.45, 7) is 6.21. The van der Waals surface area contributed by atoms with Crippen molar-refractivity contribution in [3.8, 4) is 0 Å². The van der Waals surface area contributed by atoms with Crippen LogP contribution in [-0.4, -0.2) is 57.1 Å². The molecule has 0 saturated carbocycles. The highest BCUT2D eigenvalue weighted by Gasteiger charge is 2.27. The number of carbonyl (C=O) groups excluding carboxylic acids is 1. The minimum absolute atomic E-state index is 0.0369. The first kappa shape index (κ1) is 20.0. The molecule has 0 radical (unpaired) electrons. The maximum absolute atomic E-state index is 11.8. The zero-order valence-electron chi connectivity index (χ0n) is 15.4. The summed E-state index contributed by atoms with van der Waals surface area (Å²) in [6, 6.07) is 5.20. The lowest BCUT2D eigenvalue weighted by Crippen LogP contribution is -2.41. The molecule has 1 aromatic rings. The molecule has 1 aromatic heterocycles. The molecule has 0 aliphatic carbocycles. The van der Waals surface area contributed by atoms with Crippen LogP contribution in [0.2, 0.25) is 0 Å². The number of anilines is 1. The number of ether oxygens (including phenoxy) is 1. The molecular weight excluding hydrogens is 338 g/mol. The van der Waals surface area contributed by atoms with Gasteiger partial charge in [0, 0.05) is 25.2 Å². The van der Waals surface area contributed by atoms with Crippen molar-refractivity contribution in [1.82, 2.24) is 9.88 Å². The third-order valence-electron chi connectivity index (χ3n) is 4.21. The maximum atomic E-state index is 11.8. The van der Waals surface area contributed by atoms with Crippen molar-refractivity contribution >= 4 is 18.0 Å². The number of aromatic nitrogens is 1. The van der Waals surface area contributed by atoms with Gasteiger partial charge in [-0.15, -0.1) is 0 Å². The first-order valence-electron chi connectivity index (χ1n) is 8.76. The van der Waals surface area contributed by atoms with E-state index in [1.54, 1.807) is 39.0 Å². The Bertz CT molecular complexity index is 636. The van der Waals surface area contributed by atoms with Gasteiger partial charge in [-0.25, -0.2) is 14.6 Å². The molecule has 0 aromatic carbocycles. The topological polar surface area (TPSA) is 112 Å². The lowest BCUT2D eigenvalue weighted by atomic mass is 9.89. The van der Waals surface area contributed by atoms with Crippen molar-refractivity contribution in [2.45, 2.75) is 51.7 Å². The van der Waals surface area contributed by atoms with E-state index in [2.05, 4.69) is 10.3 Å². The van der Waals surface area contributed by atoms with Gasteiger partial charge in [-0.3, -0.25) is 5.32 Å². The first-order valence-corrected chi connectivity index (χ1v) is 8.76. The average Bonchev–Trinajstić information content (AvgIpc) is 2.53. The quantitative estimate of drug-likeness (QED) is 0.756. The minimum Gasteiger partial charge on any atom is -0.465 e. The van der Waals surface area contributed by atoms with Crippen LogP contribution in [0.25, 0.3) is 0 Å². The van der Waals surface area contributed by atoms with Crippen LogP contribution < -0.4 is 5.32 Å². The number of hydrogen-bond donors (Lipinski definition) is 3. The molecule has 3 N–H and O–H groups in total. The highest BCUT2D eigenvalue weighted by molar-refractivity contribution is 5.83. The van der Waals surface area contributed by atoms with Crippen LogP contribution in [0.4, 0.5) is 15.4 Å². The van der Waals surface area contributed by atoms with Crippen LogP contribution >= 0.6 is 0 Å². The van der Waals surface area contributed by atoms with E-state index in [1.165, 1.54) is 4.90 Å². The molecule has 1 unspecified atom stereocenters. The van der Waals surface area contributed by atoms with Gasteiger partial charge in [-0.2, -0.15) is 0 Å². The third-order valence-corrected chi connectivity index (χ3v) is 4.21. The Morgan fingerprint density at radius 1 is 1.35 bits per heavy atom. The molecule has 0 spiro atoms. The summed E-state index contributed by atoms with van der Waals surface area (Å²) in [5, 5.41) is 22.0. The van der Waals surface area contributed by atoms with Gasteiger partial charge < -0.3 is 19.8 Å². The van der Waals surface area contributed by atoms with Gasteiger partial charge in [0.15, 0.2) is 0 Å². The van der Waals surface area contributed by atoms with Crippen LogP contribution in [-0.2, 0) is 11.2 Å². The predicted molar refractivity (Wildman–Crippen MR) is 96.1 cm³/mol. The Kier molecular flexibility index (Phi) is 6.42. The highest BCUT2D eigenvalue weighted by Crippen LogP contribution is 2.23. The van der Waals surface area contributed by atoms with Crippen LogP contribution in [0.1, 0.15) is 39.3 Å². The molecule has 1 aliphatic rings. The Hall–Kier alpha value is -2.35. The number of hydrogen-bond acceptors (Lipinski definition) is 5. The smallest absolute Gasteiger partial charge is 0.413 e. The molecule has 0 bridgehead atoms. The molecule has 1 aliphatic heterocycles. The van der Waals surface area contributed by atoms with E-state index in [1.807, 2.05) is 0 Å².